The Hall–Kier alpha value is -0.0800. The third-order valence-corrected chi connectivity index (χ3v) is 4.50. The zero-order valence-corrected chi connectivity index (χ0v) is 13.2. The molecule has 0 aromatic heterocycles. The average molecular weight is 269 g/mol. The van der Waals surface area contributed by atoms with Crippen LogP contribution in [-0.4, -0.2) is 23.8 Å². The molecule has 0 bridgehead atoms. The van der Waals surface area contributed by atoms with Crippen molar-refractivity contribution in [3.8, 4) is 0 Å². The fraction of sp³-hybridized carbons (Fsp3) is 1.00. The summed E-state index contributed by atoms with van der Waals surface area (Å²) in [5.41, 5.74) is 0.00344. The van der Waals surface area contributed by atoms with E-state index in [1.165, 1.54) is 57.8 Å². The third-order valence-electron chi connectivity index (χ3n) is 4.50. The minimum atomic E-state index is 0.00344. The van der Waals surface area contributed by atoms with Crippen LogP contribution < -0.4 is 5.32 Å². The Morgan fingerprint density at radius 1 is 0.842 bits per heavy atom. The molecule has 2 heteroatoms. The van der Waals surface area contributed by atoms with E-state index in [4.69, 9.17) is 0 Å². The Morgan fingerprint density at radius 3 is 1.63 bits per heavy atom. The van der Waals surface area contributed by atoms with Gasteiger partial charge in [-0.1, -0.05) is 71.6 Å². The number of nitrogens with one attached hydrogen (secondary N) is 1. The molecule has 0 radical (unpaired) electrons. The first kappa shape index (κ1) is 17.0. The maximum atomic E-state index is 9.90. The molecule has 0 saturated heterocycles. The Balaban J connectivity index is 2.50. The van der Waals surface area contributed by atoms with Crippen molar-refractivity contribution in [3.63, 3.8) is 0 Å². The molecule has 0 unspecified atom stereocenters. The van der Waals surface area contributed by atoms with Crippen molar-refractivity contribution in [1.29, 1.82) is 0 Å². The molecule has 114 valence electrons. The highest BCUT2D eigenvalue weighted by Crippen LogP contribution is 2.24. The van der Waals surface area contributed by atoms with Gasteiger partial charge in [-0.2, -0.15) is 0 Å². The first-order valence-electron chi connectivity index (χ1n) is 8.54. The van der Waals surface area contributed by atoms with Crippen molar-refractivity contribution in [2.24, 2.45) is 5.92 Å². The first-order valence-corrected chi connectivity index (χ1v) is 8.54. The van der Waals surface area contributed by atoms with Gasteiger partial charge in [-0.25, -0.2) is 0 Å². The summed E-state index contributed by atoms with van der Waals surface area (Å²) in [7, 11) is 0. The molecule has 0 spiro atoms. The van der Waals surface area contributed by atoms with E-state index >= 15 is 0 Å². The van der Waals surface area contributed by atoms with Gasteiger partial charge in [0.2, 0.25) is 0 Å². The number of hydrogen-bond donors (Lipinski definition) is 2. The first-order chi connectivity index (χ1) is 9.18. The van der Waals surface area contributed by atoms with Gasteiger partial charge in [-0.05, 0) is 25.3 Å². The summed E-state index contributed by atoms with van der Waals surface area (Å²) in [6.45, 7) is 5.82. The minimum absolute atomic E-state index is 0.00344. The Labute approximate surface area is 120 Å². The lowest BCUT2D eigenvalue weighted by Gasteiger charge is -2.34. The highest BCUT2D eigenvalue weighted by molar-refractivity contribution is 4.87. The van der Waals surface area contributed by atoms with Crippen LogP contribution in [0.1, 0.15) is 84.5 Å². The molecule has 0 aromatic rings. The second-order valence-corrected chi connectivity index (χ2v) is 6.90. The van der Waals surface area contributed by atoms with Crippen LogP contribution in [-0.2, 0) is 0 Å². The Kier molecular flexibility index (Phi) is 8.72. The molecular weight excluding hydrogens is 234 g/mol. The van der Waals surface area contributed by atoms with Crippen molar-refractivity contribution < 1.29 is 5.11 Å². The van der Waals surface area contributed by atoms with Gasteiger partial charge in [0.25, 0.3) is 0 Å². The topological polar surface area (TPSA) is 32.3 Å². The SMILES string of the molecule is CC(C)CNC1(CO)CCCCCCCCCCC1. The van der Waals surface area contributed by atoms with Crippen molar-refractivity contribution in [2.45, 2.75) is 90.0 Å². The molecule has 1 aliphatic rings. The van der Waals surface area contributed by atoms with Crippen LogP contribution in [0, 0.1) is 5.92 Å². The third kappa shape index (κ3) is 7.31. The number of rotatable bonds is 4. The lowest BCUT2D eigenvalue weighted by molar-refractivity contribution is 0.131. The summed E-state index contributed by atoms with van der Waals surface area (Å²) >= 11 is 0. The van der Waals surface area contributed by atoms with Crippen LogP contribution in [0.25, 0.3) is 0 Å². The number of aliphatic hydroxyl groups excluding tert-OH is 1. The van der Waals surface area contributed by atoms with Gasteiger partial charge < -0.3 is 10.4 Å². The molecule has 0 atom stereocenters. The quantitative estimate of drug-likeness (QED) is 0.799. The summed E-state index contributed by atoms with van der Waals surface area (Å²) in [6.07, 6.45) is 14.5. The van der Waals surface area contributed by atoms with E-state index in [9.17, 15) is 5.11 Å². The predicted molar refractivity (Wildman–Crippen MR) is 83.4 cm³/mol. The van der Waals surface area contributed by atoms with Crippen molar-refractivity contribution in [1.82, 2.24) is 5.32 Å². The zero-order chi connectivity index (χ0) is 14.0. The predicted octanol–water partition coefficient (Wildman–Crippen LogP) is 4.27. The fourth-order valence-electron chi connectivity index (χ4n) is 3.10. The molecular formula is C17H35NO. The molecule has 0 aromatic carbocycles. The minimum Gasteiger partial charge on any atom is -0.394 e. The van der Waals surface area contributed by atoms with E-state index < -0.39 is 0 Å². The summed E-state index contributed by atoms with van der Waals surface area (Å²) < 4.78 is 0. The monoisotopic (exact) mass is 269 g/mol. The molecule has 1 aliphatic carbocycles. The van der Waals surface area contributed by atoms with Gasteiger partial charge in [-0.3, -0.25) is 0 Å². The Morgan fingerprint density at radius 2 is 1.26 bits per heavy atom. The molecule has 2 nitrogen and oxygen atoms in total. The van der Waals surface area contributed by atoms with E-state index in [0.717, 1.165) is 19.4 Å². The lowest BCUT2D eigenvalue weighted by Crippen LogP contribution is -2.49. The van der Waals surface area contributed by atoms with Crippen molar-refractivity contribution in [2.75, 3.05) is 13.2 Å². The molecule has 0 amide bonds. The second-order valence-electron chi connectivity index (χ2n) is 6.90. The Bertz CT molecular complexity index is 203. The number of aliphatic hydroxyl groups is 1. The van der Waals surface area contributed by atoms with E-state index in [1.54, 1.807) is 0 Å². The van der Waals surface area contributed by atoms with Gasteiger partial charge in [0.05, 0.1) is 6.61 Å². The van der Waals surface area contributed by atoms with E-state index in [0.29, 0.717) is 12.5 Å². The summed E-state index contributed by atoms with van der Waals surface area (Å²) in [6, 6.07) is 0. The molecule has 0 aliphatic heterocycles. The fourth-order valence-corrected chi connectivity index (χ4v) is 3.10. The second kappa shape index (κ2) is 9.77. The van der Waals surface area contributed by atoms with Gasteiger partial charge in [0, 0.05) is 5.54 Å². The average Bonchev–Trinajstić information content (AvgIpc) is 2.39. The highest BCUT2D eigenvalue weighted by atomic mass is 16.3. The molecule has 0 heterocycles. The van der Waals surface area contributed by atoms with Gasteiger partial charge in [-0.15, -0.1) is 0 Å². The van der Waals surface area contributed by atoms with Crippen molar-refractivity contribution >= 4 is 0 Å². The normalized spacial score (nSPS) is 22.7. The van der Waals surface area contributed by atoms with E-state index in [2.05, 4.69) is 19.2 Å². The number of hydrogen-bond acceptors (Lipinski definition) is 2. The van der Waals surface area contributed by atoms with Crippen LogP contribution >= 0.6 is 0 Å². The van der Waals surface area contributed by atoms with Crippen LogP contribution in [0.5, 0.6) is 0 Å². The van der Waals surface area contributed by atoms with Crippen LogP contribution in [0.4, 0.5) is 0 Å². The zero-order valence-electron chi connectivity index (χ0n) is 13.2. The molecule has 2 N–H and O–H groups in total. The van der Waals surface area contributed by atoms with Crippen LogP contribution in [0.3, 0.4) is 0 Å². The maximum absolute atomic E-state index is 9.90. The molecule has 1 rings (SSSR count). The van der Waals surface area contributed by atoms with Crippen LogP contribution in [0.2, 0.25) is 0 Å². The molecule has 1 fully saturated rings. The summed E-state index contributed by atoms with van der Waals surface area (Å²) in [5.74, 6) is 0.657. The van der Waals surface area contributed by atoms with Gasteiger partial charge in [0.15, 0.2) is 0 Å². The highest BCUT2D eigenvalue weighted by Gasteiger charge is 2.27. The van der Waals surface area contributed by atoms with Crippen LogP contribution in [0.15, 0.2) is 0 Å². The van der Waals surface area contributed by atoms with E-state index in [-0.39, 0.29) is 5.54 Å². The lowest BCUT2D eigenvalue weighted by atomic mass is 9.85. The summed E-state index contributed by atoms with van der Waals surface area (Å²) in [4.78, 5) is 0. The smallest absolute Gasteiger partial charge is 0.0613 e. The van der Waals surface area contributed by atoms with Gasteiger partial charge >= 0.3 is 0 Å². The van der Waals surface area contributed by atoms with Crippen molar-refractivity contribution in [3.05, 3.63) is 0 Å². The molecule has 19 heavy (non-hydrogen) atoms. The van der Waals surface area contributed by atoms with E-state index in [1.807, 2.05) is 0 Å². The summed E-state index contributed by atoms with van der Waals surface area (Å²) in [5, 5.41) is 13.6. The standard InChI is InChI=1S/C17H35NO/c1-16(2)14-18-17(15-19)12-10-8-6-4-3-5-7-9-11-13-17/h16,18-19H,3-15H2,1-2H3. The van der Waals surface area contributed by atoms with Gasteiger partial charge in [0.1, 0.15) is 0 Å². The maximum Gasteiger partial charge on any atom is 0.0613 e. The largest absolute Gasteiger partial charge is 0.394 e. The molecule has 1 saturated carbocycles.